The molecule has 0 radical (unpaired) electrons. The number of amides is 1. The number of para-hydroxylation sites is 1. The zero-order valence-electron chi connectivity index (χ0n) is 17.8. The highest BCUT2D eigenvalue weighted by atomic mass is 127. The molecule has 1 aromatic rings. The second-order valence-corrected chi connectivity index (χ2v) is 8.13. The lowest BCUT2D eigenvalue weighted by molar-refractivity contribution is -0.274. The van der Waals surface area contributed by atoms with Gasteiger partial charge in [-0.3, -0.25) is 9.79 Å². The number of hydrogen-bond donors (Lipinski definition) is 2. The quantitative estimate of drug-likeness (QED) is 0.326. The highest BCUT2D eigenvalue weighted by molar-refractivity contribution is 14.0. The van der Waals surface area contributed by atoms with Gasteiger partial charge in [0.25, 0.3) is 0 Å². The van der Waals surface area contributed by atoms with E-state index in [1.807, 2.05) is 27.7 Å². The molecule has 2 rings (SSSR count). The van der Waals surface area contributed by atoms with Crippen molar-refractivity contribution in [2.45, 2.75) is 58.0 Å². The van der Waals surface area contributed by atoms with Gasteiger partial charge in [-0.25, -0.2) is 0 Å². The van der Waals surface area contributed by atoms with Crippen LogP contribution in [0.25, 0.3) is 0 Å². The number of rotatable bonds is 6. The Morgan fingerprint density at radius 3 is 2.47 bits per heavy atom. The first-order valence-electron chi connectivity index (χ1n) is 9.57. The molecule has 1 amide bonds. The molecule has 2 atom stereocenters. The lowest BCUT2D eigenvalue weighted by atomic mass is 10.1. The Kier molecular flexibility index (Phi) is 9.25. The van der Waals surface area contributed by atoms with Crippen molar-refractivity contribution in [1.82, 2.24) is 15.5 Å². The number of nitrogens with zero attached hydrogens (tertiary/aromatic N) is 2. The summed E-state index contributed by atoms with van der Waals surface area (Å²) < 4.78 is 42.1. The molecular weight excluding hydrogens is 512 g/mol. The number of hydrogen-bond acceptors (Lipinski definition) is 3. The number of benzene rings is 1. The summed E-state index contributed by atoms with van der Waals surface area (Å²) in [7, 11) is 1.75. The highest BCUT2D eigenvalue weighted by Crippen LogP contribution is 2.45. The van der Waals surface area contributed by atoms with Gasteiger partial charge in [0.2, 0.25) is 5.91 Å². The number of aliphatic imine (C=N–C) groups is 1. The second-order valence-electron chi connectivity index (χ2n) is 8.13. The van der Waals surface area contributed by atoms with Crippen LogP contribution in [-0.2, 0) is 4.79 Å². The smallest absolute Gasteiger partial charge is 0.405 e. The van der Waals surface area contributed by atoms with E-state index in [1.165, 1.54) is 12.1 Å². The van der Waals surface area contributed by atoms with Crippen LogP contribution in [0.3, 0.4) is 0 Å². The Morgan fingerprint density at radius 1 is 1.27 bits per heavy atom. The van der Waals surface area contributed by atoms with E-state index in [-0.39, 0.29) is 59.7 Å². The van der Waals surface area contributed by atoms with Crippen LogP contribution in [0.5, 0.6) is 5.75 Å². The molecule has 0 heterocycles. The summed E-state index contributed by atoms with van der Waals surface area (Å²) in [6.45, 7) is 8.22. The molecule has 1 fully saturated rings. The van der Waals surface area contributed by atoms with Crippen LogP contribution >= 0.6 is 24.0 Å². The van der Waals surface area contributed by atoms with Gasteiger partial charge in [0.1, 0.15) is 5.75 Å². The van der Waals surface area contributed by atoms with Gasteiger partial charge < -0.3 is 20.3 Å². The molecular formula is C20H30F3IN4O2. The first-order chi connectivity index (χ1) is 13.4. The number of carbonyl (C=O) groups is 1. The number of halogens is 4. The van der Waals surface area contributed by atoms with Gasteiger partial charge in [-0.15, -0.1) is 37.1 Å². The molecule has 1 saturated carbocycles. The minimum absolute atomic E-state index is 0. The molecule has 2 unspecified atom stereocenters. The molecule has 1 aliphatic rings. The highest BCUT2D eigenvalue weighted by Gasteiger charge is 2.43. The average molecular weight is 542 g/mol. The Morgan fingerprint density at radius 2 is 1.90 bits per heavy atom. The Bertz CT molecular complexity index is 750. The summed E-state index contributed by atoms with van der Waals surface area (Å²) in [5.41, 5.74) is 0.170. The van der Waals surface area contributed by atoms with Gasteiger partial charge in [-0.2, -0.15) is 0 Å². The van der Waals surface area contributed by atoms with Crippen LogP contribution in [0.4, 0.5) is 13.2 Å². The lowest BCUT2D eigenvalue weighted by Crippen LogP contribution is -2.49. The van der Waals surface area contributed by atoms with Gasteiger partial charge >= 0.3 is 6.36 Å². The third-order valence-electron chi connectivity index (χ3n) is 4.21. The zero-order valence-corrected chi connectivity index (χ0v) is 20.2. The van der Waals surface area contributed by atoms with Crippen molar-refractivity contribution in [2.24, 2.45) is 4.99 Å². The van der Waals surface area contributed by atoms with E-state index in [0.717, 1.165) is 0 Å². The van der Waals surface area contributed by atoms with Crippen molar-refractivity contribution in [1.29, 1.82) is 0 Å². The van der Waals surface area contributed by atoms with E-state index in [0.29, 0.717) is 24.5 Å². The van der Waals surface area contributed by atoms with Crippen molar-refractivity contribution < 1.29 is 22.7 Å². The monoisotopic (exact) mass is 542 g/mol. The SMILES string of the molecule is CCN=C(NC1CC1c1ccccc1OC(F)(F)F)N(C)CC(=O)NC(C)(C)C.I. The van der Waals surface area contributed by atoms with Crippen LogP contribution in [0.2, 0.25) is 0 Å². The summed E-state index contributed by atoms with van der Waals surface area (Å²) in [6, 6.07) is 6.09. The second kappa shape index (κ2) is 10.5. The number of likely N-dealkylation sites (N-methyl/N-ethyl adjacent to an activating group) is 1. The average Bonchev–Trinajstić information content (AvgIpc) is 3.30. The summed E-state index contributed by atoms with van der Waals surface area (Å²) in [4.78, 5) is 18.3. The molecule has 0 aliphatic heterocycles. The van der Waals surface area contributed by atoms with Gasteiger partial charge in [0.05, 0.1) is 6.54 Å². The van der Waals surface area contributed by atoms with Crippen LogP contribution in [0.15, 0.2) is 29.3 Å². The first kappa shape index (κ1) is 26.3. The normalized spacial score (nSPS) is 18.9. The fourth-order valence-corrected chi connectivity index (χ4v) is 3.04. The predicted octanol–water partition coefficient (Wildman–Crippen LogP) is 3.87. The Balaban J connectivity index is 0.00000450. The van der Waals surface area contributed by atoms with Crippen molar-refractivity contribution in [3.8, 4) is 5.75 Å². The van der Waals surface area contributed by atoms with E-state index < -0.39 is 6.36 Å². The Hall–Kier alpha value is -1.72. The van der Waals surface area contributed by atoms with Crippen molar-refractivity contribution in [3.05, 3.63) is 29.8 Å². The maximum Gasteiger partial charge on any atom is 0.573 e. The molecule has 0 aromatic heterocycles. The van der Waals surface area contributed by atoms with Gasteiger partial charge in [0, 0.05) is 31.1 Å². The van der Waals surface area contributed by atoms with E-state index in [1.54, 1.807) is 24.1 Å². The summed E-state index contributed by atoms with van der Waals surface area (Å²) in [5, 5.41) is 6.15. The first-order valence-corrected chi connectivity index (χ1v) is 9.57. The van der Waals surface area contributed by atoms with Crippen LogP contribution in [-0.4, -0.2) is 54.8 Å². The predicted molar refractivity (Wildman–Crippen MR) is 121 cm³/mol. The third kappa shape index (κ3) is 8.57. The third-order valence-corrected chi connectivity index (χ3v) is 4.21. The summed E-state index contributed by atoms with van der Waals surface area (Å²) in [6.07, 6.45) is -4.08. The van der Waals surface area contributed by atoms with E-state index in [4.69, 9.17) is 0 Å². The molecule has 6 nitrogen and oxygen atoms in total. The fourth-order valence-electron chi connectivity index (χ4n) is 3.04. The largest absolute Gasteiger partial charge is 0.573 e. The molecule has 0 spiro atoms. The molecule has 30 heavy (non-hydrogen) atoms. The molecule has 170 valence electrons. The number of nitrogens with one attached hydrogen (secondary N) is 2. The van der Waals surface area contributed by atoms with Crippen LogP contribution in [0.1, 0.15) is 45.6 Å². The topological polar surface area (TPSA) is 66.0 Å². The van der Waals surface area contributed by atoms with Gasteiger partial charge in [-0.1, -0.05) is 18.2 Å². The van der Waals surface area contributed by atoms with E-state index in [9.17, 15) is 18.0 Å². The number of guanidine groups is 1. The lowest BCUT2D eigenvalue weighted by Gasteiger charge is -2.25. The zero-order chi connectivity index (χ0) is 21.8. The molecule has 0 saturated heterocycles. The van der Waals surface area contributed by atoms with Crippen LogP contribution < -0.4 is 15.4 Å². The Labute approximate surface area is 192 Å². The summed E-state index contributed by atoms with van der Waals surface area (Å²) >= 11 is 0. The van der Waals surface area contributed by atoms with Crippen LogP contribution in [0, 0.1) is 0 Å². The molecule has 10 heteroatoms. The summed E-state index contributed by atoms with van der Waals surface area (Å²) in [5.74, 6) is 0.105. The fraction of sp³-hybridized carbons (Fsp3) is 0.600. The van der Waals surface area contributed by atoms with Gasteiger partial charge in [0.15, 0.2) is 5.96 Å². The van der Waals surface area contributed by atoms with E-state index >= 15 is 0 Å². The van der Waals surface area contributed by atoms with Crippen molar-refractivity contribution >= 4 is 35.8 Å². The maximum atomic E-state index is 12.7. The maximum absolute atomic E-state index is 12.7. The molecule has 1 aromatic carbocycles. The number of carbonyl (C=O) groups excluding carboxylic acids is 1. The van der Waals surface area contributed by atoms with Crippen molar-refractivity contribution in [3.63, 3.8) is 0 Å². The van der Waals surface area contributed by atoms with E-state index in [2.05, 4.69) is 20.4 Å². The standard InChI is InChI=1S/C20H29F3N4O2.HI/c1-6-24-18(27(5)12-17(28)26-19(2,3)4)25-15-11-14(15)13-9-7-8-10-16(13)29-20(21,22)23;/h7-10,14-15H,6,11-12H2,1-5H3,(H,24,25)(H,26,28);1H. The molecule has 2 N–H and O–H groups in total. The minimum atomic E-state index is -4.73. The molecule has 1 aliphatic carbocycles. The number of alkyl halides is 3. The minimum Gasteiger partial charge on any atom is -0.405 e. The van der Waals surface area contributed by atoms with Gasteiger partial charge in [-0.05, 0) is 45.7 Å². The molecule has 0 bridgehead atoms. The number of ether oxygens (including phenoxy) is 1. The van der Waals surface area contributed by atoms with Crippen molar-refractivity contribution in [2.75, 3.05) is 20.1 Å².